The Morgan fingerprint density at radius 1 is 1.43 bits per heavy atom. The van der Waals surface area contributed by atoms with Crippen molar-refractivity contribution in [2.75, 3.05) is 6.61 Å². The number of alkyl halides is 3. The lowest BCUT2D eigenvalue weighted by Gasteiger charge is -2.09. The molecule has 10 heteroatoms. The number of carbonyl (C=O) groups excluding carboxylic acids is 1. The minimum atomic E-state index is -4.77. The summed E-state index contributed by atoms with van der Waals surface area (Å²) in [5.74, 6) is -1.11. The standard InChI is InChI=1S/C11H11F3O3.H3NO2S/c1-2-6-16-10(15)8-4-3-5-9(7-8)17-11(12,13)14;1-4(2)3/h3-5,7H,2,6H2,1H3;1H2,(H,2,3)/p-1. The number of nitrogens with two attached hydrogens (primary N) is 1. The first-order valence-electron chi connectivity index (χ1n) is 5.52. The molecular formula is C11H13F3NO5S-. The van der Waals surface area contributed by atoms with E-state index in [9.17, 15) is 18.0 Å². The second-order valence-corrected chi connectivity index (χ2v) is 3.99. The predicted molar refractivity (Wildman–Crippen MR) is 66.8 cm³/mol. The Balaban J connectivity index is 0.000000885. The van der Waals surface area contributed by atoms with Crippen molar-refractivity contribution < 1.29 is 36.2 Å². The van der Waals surface area contributed by atoms with Crippen molar-refractivity contribution in [2.45, 2.75) is 19.7 Å². The third-order valence-corrected chi connectivity index (χ3v) is 1.74. The monoisotopic (exact) mass is 328 g/mol. The molecule has 0 amide bonds. The third kappa shape index (κ3) is 10.8. The van der Waals surface area contributed by atoms with Crippen LogP contribution in [-0.2, 0) is 16.0 Å². The molecule has 1 aromatic carbocycles. The lowest BCUT2D eigenvalue weighted by atomic mass is 10.2. The first-order valence-corrected chi connectivity index (χ1v) is 6.66. The highest BCUT2D eigenvalue weighted by atomic mass is 32.2. The molecule has 1 aromatic rings. The fraction of sp³-hybridized carbons (Fsp3) is 0.364. The predicted octanol–water partition coefficient (Wildman–Crippen LogP) is 1.89. The first kappa shape index (κ1) is 19.4. The van der Waals surface area contributed by atoms with Gasteiger partial charge < -0.3 is 14.0 Å². The number of esters is 1. The molecule has 120 valence electrons. The number of carbonyl (C=O) groups is 1. The van der Waals surface area contributed by atoms with Crippen LogP contribution in [0.25, 0.3) is 0 Å². The highest BCUT2D eigenvalue weighted by molar-refractivity contribution is 7.76. The van der Waals surface area contributed by atoms with Gasteiger partial charge >= 0.3 is 12.3 Å². The van der Waals surface area contributed by atoms with E-state index in [1.807, 2.05) is 6.92 Å². The maximum atomic E-state index is 11.9. The van der Waals surface area contributed by atoms with Crippen LogP contribution in [0, 0.1) is 0 Å². The van der Waals surface area contributed by atoms with Crippen molar-refractivity contribution >= 4 is 17.2 Å². The summed E-state index contributed by atoms with van der Waals surface area (Å²) in [5, 5.41) is 4.03. The van der Waals surface area contributed by atoms with Gasteiger partial charge in [-0.25, -0.2) is 4.79 Å². The average molecular weight is 328 g/mol. The molecule has 1 rings (SSSR count). The van der Waals surface area contributed by atoms with Gasteiger partial charge in [0.1, 0.15) is 5.75 Å². The van der Waals surface area contributed by atoms with Gasteiger partial charge in [0.15, 0.2) is 0 Å². The van der Waals surface area contributed by atoms with Gasteiger partial charge in [-0.1, -0.05) is 13.0 Å². The topological polar surface area (TPSA) is 102 Å². The molecule has 0 aliphatic rings. The third-order valence-electron chi connectivity index (χ3n) is 1.74. The maximum absolute atomic E-state index is 11.9. The van der Waals surface area contributed by atoms with Gasteiger partial charge in [0, 0.05) is 11.3 Å². The van der Waals surface area contributed by atoms with Gasteiger partial charge in [0.05, 0.1) is 12.2 Å². The Morgan fingerprint density at radius 2 is 2.00 bits per heavy atom. The van der Waals surface area contributed by atoms with E-state index in [0.717, 1.165) is 12.1 Å². The second kappa shape index (κ2) is 9.32. The summed E-state index contributed by atoms with van der Waals surface area (Å²) < 4.78 is 61.8. The number of benzene rings is 1. The number of hydrogen-bond acceptors (Lipinski definition) is 5. The Labute approximate surface area is 121 Å². The van der Waals surface area contributed by atoms with Gasteiger partial charge in [-0.15, -0.1) is 13.2 Å². The lowest BCUT2D eigenvalue weighted by molar-refractivity contribution is -0.274. The van der Waals surface area contributed by atoms with Crippen LogP contribution in [-0.4, -0.2) is 27.7 Å². The minimum absolute atomic E-state index is 0.0280. The Kier molecular flexibility index (Phi) is 8.58. The van der Waals surface area contributed by atoms with Crippen molar-refractivity contribution in [3.8, 4) is 5.75 Å². The van der Waals surface area contributed by atoms with Crippen molar-refractivity contribution in [1.82, 2.24) is 0 Å². The molecule has 0 aliphatic carbocycles. The normalized spacial score (nSPS) is 11.9. The molecule has 0 saturated carbocycles. The van der Waals surface area contributed by atoms with Crippen molar-refractivity contribution in [3.63, 3.8) is 0 Å². The van der Waals surface area contributed by atoms with E-state index >= 15 is 0 Å². The Morgan fingerprint density at radius 3 is 2.48 bits per heavy atom. The van der Waals surface area contributed by atoms with E-state index in [0.29, 0.717) is 6.42 Å². The second-order valence-electron chi connectivity index (χ2n) is 3.47. The van der Waals surface area contributed by atoms with Gasteiger partial charge in [0.25, 0.3) is 0 Å². The van der Waals surface area contributed by atoms with E-state index in [-0.39, 0.29) is 12.2 Å². The molecule has 6 nitrogen and oxygen atoms in total. The summed E-state index contributed by atoms with van der Waals surface area (Å²) in [7, 11) is 0. The molecule has 1 unspecified atom stereocenters. The smallest absolute Gasteiger partial charge is 0.573 e. The average Bonchev–Trinajstić information content (AvgIpc) is 2.33. The van der Waals surface area contributed by atoms with Gasteiger partial charge in [-0.05, 0) is 24.6 Å². The summed E-state index contributed by atoms with van der Waals surface area (Å²) in [4.78, 5) is 11.4. The molecule has 0 radical (unpaired) electrons. The van der Waals surface area contributed by atoms with Gasteiger partial charge in [0.2, 0.25) is 0 Å². The largest absolute Gasteiger partial charge is 0.760 e. The van der Waals surface area contributed by atoms with E-state index in [2.05, 4.69) is 9.88 Å². The Hall–Kier alpha value is -1.65. The number of halogens is 3. The van der Waals surface area contributed by atoms with Crippen LogP contribution in [0.4, 0.5) is 13.2 Å². The SMILES string of the molecule is CCCOC(=O)c1cccc(OC(F)(F)F)c1.NS(=O)[O-]. The van der Waals surface area contributed by atoms with Crippen molar-refractivity contribution in [2.24, 2.45) is 5.14 Å². The molecule has 2 N–H and O–H groups in total. The quantitative estimate of drug-likeness (QED) is 0.672. The molecule has 0 aromatic heterocycles. The molecule has 0 aliphatic heterocycles. The van der Waals surface area contributed by atoms with Crippen LogP contribution in [0.5, 0.6) is 5.75 Å². The number of rotatable bonds is 4. The van der Waals surface area contributed by atoms with Crippen molar-refractivity contribution in [3.05, 3.63) is 29.8 Å². The van der Waals surface area contributed by atoms with Crippen LogP contribution < -0.4 is 9.88 Å². The fourth-order valence-corrected chi connectivity index (χ4v) is 1.10. The molecule has 0 fully saturated rings. The van der Waals surface area contributed by atoms with E-state index in [1.54, 1.807) is 0 Å². The van der Waals surface area contributed by atoms with Crippen LogP contribution in [0.3, 0.4) is 0 Å². The van der Waals surface area contributed by atoms with Crippen LogP contribution >= 0.6 is 0 Å². The summed E-state index contributed by atoms with van der Waals surface area (Å²) in [6, 6.07) is 4.76. The first-order chi connectivity index (χ1) is 9.65. The zero-order valence-corrected chi connectivity index (χ0v) is 11.7. The molecule has 0 bridgehead atoms. The van der Waals surface area contributed by atoms with E-state index in [4.69, 9.17) is 13.5 Å². The summed E-state index contributed by atoms with van der Waals surface area (Å²) in [6.07, 6.45) is -4.13. The molecular weight excluding hydrogens is 315 g/mol. The summed E-state index contributed by atoms with van der Waals surface area (Å²) in [6.45, 7) is 2.04. The molecule has 21 heavy (non-hydrogen) atoms. The van der Waals surface area contributed by atoms with Gasteiger partial charge in [-0.3, -0.25) is 9.35 Å². The summed E-state index contributed by atoms with van der Waals surface area (Å²) >= 11 is -2.36. The minimum Gasteiger partial charge on any atom is -0.760 e. The fourth-order valence-electron chi connectivity index (χ4n) is 1.10. The molecule has 1 atom stereocenters. The van der Waals surface area contributed by atoms with Crippen molar-refractivity contribution in [1.29, 1.82) is 0 Å². The highest BCUT2D eigenvalue weighted by Gasteiger charge is 2.31. The number of hydrogen-bond donors (Lipinski definition) is 1. The lowest BCUT2D eigenvalue weighted by Crippen LogP contribution is -2.17. The van der Waals surface area contributed by atoms with E-state index in [1.165, 1.54) is 12.1 Å². The van der Waals surface area contributed by atoms with Gasteiger partial charge in [-0.2, -0.15) is 0 Å². The molecule has 0 saturated heterocycles. The Bertz CT molecular complexity index is 477. The highest BCUT2D eigenvalue weighted by Crippen LogP contribution is 2.23. The van der Waals surface area contributed by atoms with Crippen LogP contribution in [0.2, 0.25) is 0 Å². The maximum Gasteiger partial charge on any atom is 0.573 e. The molecule has 0 spiro atoms. The number of ether oxygens (including phenoxy) is 2. The van der Waals surface area contributed by atoms with Crippen LogP contribution in [0.1, 0.15) is 23.7 Å². The molecule has 0 heterocycles. The zero-order chi connectivity index (χ0) is 16.5. The zero-order valence-electron chi connectivity index (χ0n) is 10.9. The van der Waals surface area contributed by atoms with E-state index < -0.39 is 29.3 Å². The van der Waals surface area contributed by atoms with Crippen LogP contribution in [0.15, 0.2) is 24.3 Å². The summed E-state index contributed by atoms with van der Waals surface area (Å²) in [5.41, 5.74) is 0.0280.